The number of hydrogen-bond donors (Lipinski definition) is 1. The van der Waals surface area contributed by atoms with Crippen molar-refractivity contribution >= 4 is 48.3 Å². The molecular formula is C24H32N4O3S2. The van der Waals surface area contributed by atoms with Gasteiger partial charge in [-0.15, -0.1) is 0 Å². The highest BCUT2D eigenvalue weighted by atomic mass is 32.2. The Hall–Kier alpha value is -2.49. The minimum atomic E-state index is -3.58. The topological polar surface area (TPSA) is 82.6 Å². The molecule has 9 heteroatoms. The van der Waals surface area contributed by atoms with Gasteiger partial charge in [-0.3, -0.25) is 10.1 Å². The minimum absolute atomic E-state index is 0.252. The summed E-state index contributed by atoms with van der Waals surface area (Å²) in [4.78, 5) is 19.3. The van der Waals surface area contributed by atoms with E-state index in [1.165, 1.54) is 11.3 Å². The van der Waals surface area contributed by atoms with Gasteiger partial charge in [-0.1, -0.05) is 38.0 Å². The Bertz CT molecular complexity index is 1180. The van der Waals surface area contributed by atoms with E-state index in [0.717, 1.165) is 36.1 Å². The fraction of sp³-hybridized carbons (Fsp3) is 0.417. The van der Waals surface area contributed by atoms with Gasteiger partial charge in [0.05, 0.1) is 15.1 Å². The highest BCUT2D eigenvalue weighted by molar-refractivity contribution is 7.89. The van der Waals surface area contributed by atoms with Crippen LogP contribution in [-0.2, 0) is 10.0 Å². The van der Waals surface area contributed by atoms with Crippen molar-refractivity contribution < 1.29 is 13.2 Å². The van der Waals surface area contributed by atoms with E-state index in [1.807, 2.05) is 31.1 Å². The number of benzene rings is 2. The molecule has 1 amide bonds. The van der Waals surface area contributed by atoms with Gasteiger partial charge >= 0.3 is 0 Å². The quantitative estimate of drug-likeness (QED) is 0.401. The Morgan fingerprint density at radius 2 is 1.64 bits per heavy atom. The molecule has 0 radical (unpaired) electrons. The molecule has 7 nitrogen and oxygen atoms in total. The molecule has 1 aromatic heterocycles. The number of nitrogens with zero attached hydrogens (tertiary/aromatic N) is 3. The third-order valence-corrected chi connectivity index (χ3v) is 8.21. The third-order valence-electron chi connectivity index (χ3n) is 5.39. The zero-order valence-electron chi connectivity index (χ0n) is 19.7. The number of thiazole rings is 1. The first-order chi connectivity index (χ1) is 15.8. The van der Waals surface area contributed by atoms with Crippen LogP contribution in [0.5, 0.6) is 0 Å². The Morgan fingerprint density at radius 3 is 2.21 bits per heavy atom. The Labute approximate surface area is 200 Å². The van der Waals surface area contributed by atoms with E-state index < -0.39 is 10.0 Å². The van der Waals surface area contributed by atoms with Crippen LogP contribution < -0.4 is 10.2 Å². The van der Waals surface area contributed by atoms with Gasteiger partial charge in [-0.2, -0.15) is 4.31 Å². The predicted octanol–water partition coefficient (Wildman–Crippen LogP) is 5.21. The second-order valence-corrected chi connectivity index (χ2v) is 11.1. The molecule has 0 bridgehead atoms. The number of unbranched alkanes of at least 4 members (excludes halogenated alkanes) is 2. The SMILES string of the molecule is CCCCN(CCCC)S(=O)(=O)c1ccc2nc(NC(=O)c3ccc(N(C)C)cc3)sc2c1. The summed E-state index contributed by atoms with van der Waals surface area (Å²) in [5.41, 5.74) is 2.20. The number of nitrogens with one attached hydrogen (secondary N) is 1. The zero-order chi connectivity index (χ0) is 24.0. The predicted molar refractivity (Wildman–Crippen MR) is 137 cm³/mol. The van der Waals surface area contributed by atoms with Gasteiger partial charge in [0.1, 0.15) is 0 Å². The molecule has 0 spiro atoms. The lowest BCUT2D eigenvalue weighted by atomic mass is 10.2. The molecule has 0 aliphatic heterocycles. The number of rotatable bonds is 11. The maximum atomic E-state index is 13.3. The number of amides is 1. The highest BCUT2D eigenvalue weighted by Gasteiger charge is 2.24. The van der Waals surface area contributed by atoms with Crippen LogP contribution in [0.3, 0.4) is 0 Å². The molecular weight excluding hydrogens is 456 g/mol. The maximum absolute atomic E-state index is 13.3. The van der Waals surface area contributed by atoms with Gasteiger partial charge in [0, 0.05) is 38.4 Å². The van der Waals surface area contributed by atoms with Gasteiger partial charge in [-0.05, 0) is 55.3 Å². The van der Waals surface area contributed by atoms with Crippen molar-refractivity contribution in [3.8, 4) is 0 Å². The van der Waals surface area contributed by atoms with E-state index in [2.05, 4.69) is 24.1 Å². The van der Waals surface area contributed by atoms with Crippen molar-refractivity contribution in [2.75, 3.05) is 37.4 Å². The number of aromatic nitrogens is 1. The first kappa shape index (κ1) is 25.1. The molecule has 3 rings (SSSR count). The average Bonchev–Trinajstić information content (AvgIpc) is 3.20. The molecule has 33 heavy (non-hydrogen) atoms. The molecule has 0 unspecified atom stereocenters. The third kappa shape index (κ3) is 6.10. The van der Waals surface area contributed by atoms with Crippen LogP contribution in [0.25, 0.3) is 10.2 Å². The summed E-state index contributed by atoms with van der Waals surface area (Å²) in [6.07, 6.45) is 3.54. The van der Waals surface area contributed by atoms with Crippen LogP contribution in [0.2, 0.25) is 0 Å². The number of fused-ring (bicyclic) bond motifs is 1. The Balaban J connectivity index is 1.81. The van der Waals surface area contributed by atoms with Crippen LogP contribution in [0.4, 0.5) is 10.8 Å². The van der Waals surface area contributed by atoms with Crippen LogP contribution in [-0.4, -0.2) is 50.8 Å². The second kappa shape index (κ2) is 11.1. The molecule has 1 heterocycles. The van der Waals surface area contributed by atoms with E-state index in [1.54, 1.807) is 34.6 Å². The molecule has 0 saturated heterocycles. The molecule has 0 aliphatic rings. The molecule has 178 valence electrons. The summed E-state index contributed by atoms with van der Waals surface area (Å²) in [6.45, 7) is 5.15. The highest BCUT2D eigenvalue weighted by Crippen LogP contribution is 2.30. The van der Waals surface area contributed by atoms with E-state index in [9.17, 15) is 13.2 Å². The van der Waals surface area contributed by atoms with Gasteiger partial charge in [0.2, 0.25) is 10.0 Å². The largest absolute Gasteiger partial charge is 0.378 e. The molecule has 3 aromatic rings. The summed E-state index contributed by atoms with van der Waals surface area (Å²) in [5, 5.41) is 3.27. The van der Waals surface area contributed by atoms with E-state index in [0.29, 0.717) is 29.3 Å². The second-order valence-electron chi connectivity index (χ2n) is 8.16. The lowest BCUT2D eigenvalue weighted by molar-refractivity contribution is 0.102. The zero-order valence-corrected chi connectivity index (χ0v) is 21.3. The number of sulfonamides is 1. The fourth-order valence-electron chi connectivity index (χ4n) is 3.37. The smallest absolute Gasteiger partial charge is 0.257 e. The molecule has 1 N–H and O–H groups in total. The van der Waals surface area contributed by atoms with Crippen molar-refractivity contribution in [3.05, 3.63) is 48.0 Å². The van der Waals surface area contributed by atoms with Gasteiger partial charge < -0.3 is 4.90 Å². The van der Waals surface area contributed by atoms with Crippen molar-refractivity contribution in [2.45, 2.75) is 44.4 Å². The lowest BCUT2D eigenvalue weighted by Crippen LogP contribution is -2.33. The molecule has 2 aromatic carbocycles. The Kier molecular flexibility index (Phi) is 8.45. The van der Waals surface area contributed by atoms with Crippen LogP contribution in [0.15, 0.2) is 47.4 Å². The Morgan fingerprint density at radius 1 is 1.00 bits per heavy atom. The van der Waals surface area contributed by atoms with Crippen LogP contribution in [0, 0.1) is 0 Å². The first-order valence-electron chi connectivity index (χ1n) is 11.3. The van der Waals surface area contributed by atoms with Crippen molar-refractivity contribution in [1.29, 1.82) is 0 Å². The number of carbonyl (C=O) groups excluding carboxylic acids is 1. The molecule has 0 aliphatic carbocycles. The van der Waals surface area contributed by atoms with Gasteiger partial charge in [0.25, 0.3) is 5.91 Å². The number of hydrogen-bond acceptors (Lipinski definition) is 6. The van der Waals surface area contributed by atoms with Gasteiger partial charge in [0.15, 0.2) is 5.13 Å². The molecule has 0 atom stereocenters. The maximum Gasteiger partial charge on any atom is 0.257 e. The summed E-state index contributed by atoms with van der Waals surface area (Å²) in [6, 6.07) is 12.3. The van der Waals surface area contributed by atoms with Crippen molar-refractivity contribution in [2.24, 2.45) is 0 Å². The lowest BCUT2D eigenvalue weighted by Gasteiger charge is -2.21. The monoisotopic (exact) mass is 488 g/mol. The fourth-order valence-corrected chi connectivity index (χ4v) is 5.89. The standard InChI is InChI=1S/C24H32N4O3S2/c1-5-7-15-28(16-8-6-2)33(30,31)20-13-14-21-22(17-20)32-24(25-21)26-23(29)18-9-11-19(12-10-18)27(3)4/h9-14,17H,5-8,15-16H2,1-4H3,(H,25,26,29). The number of anilines is 2. The van der Waals surface area contributed by atoms with Crippen LogP contribution in [0.1, 0.15) is 49.9 Å². The van der Waals surface area contributed by atoms with Crippen LogP contribution >= 0.6 is 11.3 Å². The normalized spacial score (nSPS) is 11.8. The average molecular weight is 489 g/mol. The van der Waals surface area contributed by atoms with E-state index in [4.69, 9.17) is 0 Å². The van der Waals surface area contributed by atoms with E-state index >= 15 is 0 Å². The van der Waals surface area contributed by atoms with Gasteiger partial charge in [-0.25, -0.2) is 13.4 Å². The summed E-state index contributed by atoms with van der Waals surface area (Å²) in [7, 11) is 0.300. The van der Waals surface area contributed by atoms with Crippen molar-refractivity contribution in [1.82, 2.24) is 9.29 Å². The molecule has 0 saturated carbocycles. The minimum Gasteiger partial charge on any atom is -0.378 e. The van der Waals surface area contributed by atoms with E-state index in [-0.39, 0.29) is 10.8 Å². The summed E-state index contributed by atoms with van der Waals surface area (Å²) in [5.74, 6) is -0.252. The summed E-state index contributed by atoms with van der Waals surface area (Å²) < 4.78 is 28.8. The molecule has 0 fully saturated rings. The first-order valence-corrected chi connectivity index (χ1v) is 13.5. The number of carbonyl (C=O) groups is 1. The summed E-state index contributed by atoms with van der Waals surface area (Å²) >= 11 is 1.27. The van der Waals surface area contributed by atoms with Crippen molar-refractivity contribution in [3.63, 3.8) is 0 Å².